The van der Waals surface area contributed by atoms with Crippen LogP contribution in [0.15, 0.2) is 42.5 Å². The van der Waals surface area contributed by atoms with Gasteiger partial charge in [0.05, 0.1) is 7.11 Å². The molecule has 7 heteroatoms. The summed E-state index contributed by atoms with van der Waals surface area (Å²) in [5, 5.41) is 0. The number of methoxy groups -OCH3 is 1. The van der Waals surface area contributed by atoms with Gasteiger partial charge in [-0.05, 0) is 42.8 Å². The number of ketones is 1. The molecular weight excluding hydrogens is 348 g/mol. The number of likely N-dealkylation sites (N-methyl/N-ethyl adjacent to an activating group) is 1. The molecule has 7 nitrogen and oxygen atoms in total. The van der Waals surface area contributed by atoms with Crippen molar-refractivity contribution in [2.24, 2.45) is 5.73 Å². The molecule has 2 amide bonds. The SMILES string of the molecule is COc1cc(C(C)=O)ccc1OCC(=O)N(C)Cc1cccc(C(N)=O)c1. The zero-order valence-corrected chi connectivity index (χ0v) is 15.5. The minimum Gasteiger partial charge on any atom is -0.493 e. The van der Waals surface area contributed by atoms with Crippen LogP contribution in [0.1, 0.15) is 33.2 Å². The van der Waals surface area contributed by atoms with Gasteiger partial charge < -0.3 is 20.1 Å². The molecule has 0 radical (unpaired) electrons. The average Bonchev–Trinajstić information content (AvgIpc) is 2.65. The average molecular weight is 370 g/mol. The lowest BCUT2D eigenvalue weighted by Crippen LogP contribution is -2.31. The normalized spacial score (nSPS) is 10.2. The zero-order chi connectivity index (χ0) is 20.0. The number of rotatable bonds is 8. The smallest absolute Gasteiger partial charge is 0.260 e. The Morgan fingerprint density at radius 1 is 1.04 bits per heavy atom. The number of hydrogen-bond donors (Lipinski definition) is 1. The fourth-order valence-electron chi connectivity index (χ4n) is 2.44. The van der Waals surface area contributed by atoms with Gasteiger partial charge >= 0.3 is 0 Å². The Morgan fingerprint density at radius 2 is 1.78 bits per heavy atom. The van der Waals surface area contributed by atoms with Crippen LogP contribution in [0, 0.1) is 0 Å². The Bertz CT molecular complexity index is 863. The topological polar surface area (TPSA) is 98.9 Å². The van der Waals surface area contributed by atoms with Crippen molar-refractivity contribution in [3.8, 4) is 11.5 Å². The second-order valence-corrected chi connectivity index (χ2v) is 6.02. The number of nitrogens with two attached hydrogens (primary N) is 1. The summed E-state index contributed by atoms with van der Waals surface area (Å²) < 4.78 is 10.8. The van der Waals surface area contributed by atoms with Crippen LogP contribution in [0.4, 0.5) is 0 Å². The van der Waals surface area contributed by atoms with Crippen LogP contribution in [0.25, 0.3) is 0 Å². The highest BCUT2D eigenvalue weighted by Crippen LogP contribution is 2.28. The molecule has 0 unspecified atom stereocenters. The third-order valence-electron chi connectivity index (χ3n) is 3.98. The number of nitrogens with zero attached hydrogens (tertiary/aromatic N) is 1. The first kappa shape index (κ1) is 20.0. The van der Waals surface area contributed by atoms with Crippen molar-refractivity contribution >= 4 is 17.6 Å². The van der Waals surface area contributed by atoms with Gasteiger partial charge in [-0.1, -0.05) is 12.1 Å². The lowest BCUT2D eigenvalue weighted by molar-refractivity contribution is -0.132. The first-order valence-corrected chi connectivity index (χ1v) is 8.26. The molecule has 0 atom stereocenters. The Balaban J connectivity index is 2.00. The number of ether oxygens (including phenoxy) is 2. The van der Waals surface area contributed by atoms with E-state index in [0.29, 0.717) is 29.2 Å². The van der Waals surface area contributed by atoms with Crippen LogP contribution in [0.2, 0.25) is 0 Å². The van der Waals surface area contributed by atoms with E-state index in [-0.39, 0.29) is 18.3 Å². The predicted octanol–water partition coefficient (Wildman–Crippen LogP) is 2.03. The third-order valence-corrected chi connectivity index (χ3v) is 3.98. The van der Waals surface area contributed by atoms with E-state index in [2.05, 4.69) is 0 Å². The molecule has 142 valence electrons. The van der Waals surface area contributed by atoms with E-state index in [4.69, 9.17) is 15.2 Å². The lowest BCUT2D eigenvalue weighted by atomic mass is 10.1. The van der Waals surface area contributed by atoms with Crippen molar-refractivity contribution in [1.29, 1.82) is 0 Å². The maximum absolute atomic E-state index is 12.3. The van der Waals surface area contributed by atoms with Gasteiger partial charge in [-0.3, -0.25) is 14.4 Å². The standard InChI is InChI=1S/C20H22N2O5/c1-13(23)15-7-8-17(18(10-15)26-3)27-12-19(24)22(2)11-14-5-4-6-16(9-14)20(21)25/h4-10H,11-12H2,1-3H3,(H2,21,25). The molecule has 0 saturated carbocycles. The Kier molecular flexibility index (Phi) is 6.54. The molecule has 2 aromatic carbocycles. The van der Waals surface area contributed by atoms with Crippen molar-refractivity contribution in [3.05, 3.63) is 59.2 Å². The monoisotopic (exact) mass is 370 g/mol. The largest absolute Gasteiger partial charge is 0.493 e. The minimum absolute atomic E-state index is 0.0890. The van der Waals surface area contributed by atoms with E-state index in [1.807, 2.05) is 0 Å². The second-order valence-electron chi connectivity index (χ2n) is 6.02. The van der Waals surface area contributed by atoms with E-state index in [1.165, 1.54) is 18.9 Å². The van der Waals surface area contributed by atoms with Crippen molar-refractivity contribution in [3.63, 3.8) is 0 Å². The highest BCUT2D eigenvalue weighted by atomic mass is 16.5. The molecule has 2 aromatic rings. The minimum atomic E-state index is -0.518. The molecule has 0 heterocycles. The molecule has 0 aromatic heterocycles. The summed E-state index contributed by atoms with van der Waals surface area (Å²) in [4.78, 5) is 36.5. The summed E-state index contributed by atoms with van der Waals surface area (Å²) in [6, 6.07) is 11.6. The van der Waals surface area contributed by atoms with Gasteiger partial charge in [0.2, 0.25) is 5.91 Å². The summed E-state index contributed by atoms with van der Waals surface area (Å²) >= 11 is 0. The maximum atomic E-state index is 12.3. The Hall–Kier alpha value is -3.35. The molecule has 27 heavy (non-hydrogen) atoms. The van der Waals surface area contributed by atoms with Crippen LogP contribution in [-0.4, -0.2) is 43.3 Å². The first-order chi connectivity index (χ1) is 12.8. The molecule has 0 bridgehead atoms. The molecule has 0 saturated heterocycles. The third kappa shape index (κ3) is 5.31. The van der Waals surface area contributed by atoms with Crippen molar-refractivity contribution < 1.29 is 23.9 Å². The highest BCUT2D eigenvalue weighted by molar-refractivity contribution is 5.94. The number of carbonyl (C=O) groups is 3. The highest BCUT2D eigenvalue weighted by Gasteiger charge is 2.14. The van der Waals surface area contributed by atoms with Crippen LogP contribution in [-0.2, 0) is 11.3 Å². The fourth-order valence-corrected chi connectivity index (χ4v) is 2.44. The van der Waals surface area contributed by atoms with Crippen LogP contribution in [0.5, 0.6) is 11.5 Å². The van der Waals surface area contributed by atoms with Gasteiger partial charge in [0.25, 0.3) is 5.91 Å². The number of amides is 2. The number of primary amides is 1. The van der Waals surface area contributed by atoms with Gasteiger partial charge in [0.15, 0.2) is 23.9 Å². The predicted molar refractivity (Wildman–Crippen MR) is 99.9 cm³/mol. The number of carbonyl (C=O) groups excluding carboxylic acids is 3. The maximum Gasteiger partial charge on any atom is 0.260 e. The van der Waals surface area contributed by atoms with Crippen LogP contribution < -0.4 is 15.2 Å². The molecule has 2 rings (SSSR count). The van der Waals surface area contributed by atoms with E-state index in [0.717, 1.165) is 5.56 Å². The van der Waals surface area contributed by atoms with Gasteiger partial charge in [0, 0.05) is 24.7 Å². The van der Waals surface area contributed by atoms with Crippen LogP contribution in [0.3, 0.4) is 0 Å². The fraction of sp³-hybridized carbons (Fsp3) is 0.250. The molecule has 0 fully saturated rings. The van der Waals surface area contributed by atoms with Crippen LogP contribution >= 0.6 is 0 Å². The van der Waals surface area contributed by atoms with E-state index in [1.54, 1.807) is 49.5 Å². The summed E-state index contributed by atoms with van der Waals surface area (Å²) in [5.74, 6) is -0.103. The second kappa shape index (κ2) is 8.84. The summed E-state index contributed by atoms with van der Waals surface area (Å²) in [7, 11) is 3.10. The zero-order valence-electron chi connectivity index (χ0n) is 15.5. The number of benzene rings is 2. The molecule has 0 aliphatic heterocycles. The summed E-state index contributed by atoms with van der Waals surface area (Å²) in [6.45, 7) is 1.58. The van der Waals surface area contributed by atoms with E-state index >= 15 is 0 Å². The molecule has 2 N–H and O–H groups in total. The van der Waals surface area contributed by atoms with E-state index < -0.39 is 5.91 Å². The Labute approximate surface area is 157 Å². The summed E-state index contributed by atoms with van der Waals surface area (Å²) in [5.41, 5.74) is 6.94. The summed E-state index contributed by atoms with van der Waals surface area (Å²) in [6.07, 6.45) is 0. The van der Waals surface area contributed by atoms with E-state index in [9.17, 15) is 14.4 Å². The van der Waals surface area contributed by atoms with Gasteiger partial charge in [-0.25, -0.2) is 0 Å². The molecule has 0 spiro atoms. The molecule has 0 aliphatic rings. The lowest BCUT2D eigenvalue weighted by Gasteiger charge is -2.18. The van der Waals surface area contributed by atoms with Gasteiger partial charge in [-0.15, -0.1) is 0 Å². The van der Waals surface area contributed by atoms with Crippen molar-refractivity contribution in [2.75, 3.05) is 20.8 Å². The van der Waals surface area contributed by atoms with Crippen molar-refractivity contribution in [1.82, 2.24) is 4.90 Å². The van der Waals surface area contributed by atoms with Gasteiger partial charge in [0.1, 0.15) is 0 Å². The number of Topliss-reactive ketones (excluding diaryl/α,β-unsaturated/α-hetero) is 1. The van der Waals surface area contributed by atoms with Crippen molar-refractivity contribution in [2.45, 2.75) is 13.5 Å². The molecule has 0 aliphatic carbocycles. The Morgan fingerprint density at radius 3 is 2.41 bits per heavy atom. The quantitative estimate of drug-likeness (QED) is 0.717. The van der Waals surface area contributed by atoms with Gasteiger partial charge in [-0.2, -0.15) is 0 Å². The number of hydrogen-bond acceptors (Lipinski definition) is 5. The molecular formula is C20H22N2O5. The first-order valence-electron chi connectivity index (χ1n) is 8.26.